The minimum absolute atomic E-state index is 0.0683. The Labute approximate surface area is 161 Å². The lowest BCUT2D eigenvalue weighted by Gasteiger charge is -2.43. The third-order valence-electron chi connectivity index (χ3n) is 4.18. The highest BCUT2D eigenvalue weighted by Crippen LogP contribution is 2.54. The first-order chi connectivity index (χ1) is 12.7. The van der Waals surface area contributed by atoms with E-state index >= 15 is 0 Å². The van der Waals surface area contributed by atoms with E-state index in [-0.39, 0.29) is 18.2 Å². The van der Waals surface area contributed by atoms with E-state index in [0.717, 1.165) is 0 Å². The van der Waals surface area contributed by atoms with E-state index in [9.17, 15) is 24.8 Å². The van der Waals surface area contributed by atoms with Crippen molar-refractivity contribution in [3.05, 3.63) is 32.3 Å². The lowest BCUT2D eigenvalue weighted by Crippen LogP contribution is -2.60. The number of rotatable bonds is 7. The number of carbonyl (C=O) groups is 2. The topological polar surface area (TPSA) is 148 Å². The van der Waals surface area contributed by atoms with Gasteiger partial charge in [-0.15, -0.1) is 11.8 Å². The molecular formula is C14H16N4O7S2. The molecule has 0 aliphatic carbocycles. The van der Waals surface area contributed by atoms with Crippen LogP contribution in [0.15, 0.2) is 16.3 Å². The highest BCUT2D eigenvalue weighted by molar-refractivity contribution is 8.22. The van der Waals surface area contributed by atoms with Crippen LogP contribution in [0.1, 0.15) is 12.7 Å². The molecule has 0 saturated carbocycles. The van der Waals surface area contributed by atoms with Gasteiger partial charge in [0.1, 0.15) is 22.4 Å². The number of nitrogens with zero attached hydrogens (tertiary/aromatic N) is 4. The molecular weight excluding hydrogens is 400 g/mol. The van der Waals surface area contributed by atoms with Crippen molar-refractivity contribution in [2.45, 2.75) is 31.9 Å². The van der Waals surface area contributed by atoms with Crippen LogP contribution in [0.5, 0.6) is 0 Å². The zero-order chi connectivity index (χ0) is 19.9. The molecule has 1 aromatic rings. The molecule has 2 N–H and O–H groups in total. The van der Waals surface area contributed by atoms with Gasteiger partial charge < -0.3 is 25.1 Å². The standard InChI is InChI=1S/C14H16N4O7S2/c1-6(19)9-10(20)17-11(25-14(21)22)13(27-12(9)17)26-4-3-16-7(2)15-5-8(16)18(23)24/h5-6,9,12,19H,3-4H2,1-2H3,(H,21,22)/t6?,9-,12+/m0/s1. The van der Waals surface area contributed by atoms with Crippen molar-refractivity contribution in [2.75, 3.05) is 5.75 Å². The Morgan fingerprint density at radius 1 is 1.59 bits per heavy atom. The van der Waals surface area contributed by atoms with Gasteiger partial charge in [-0.2, -0.15) is 0 Å². The van der Waals surface area contributed by atoms with E-state index in [1.165, 1.54) is 46.1 Å². The quantitative estimate of drug-likeness (QED) is 0.290. The van der Waals surface area contributed by atoms with Crippen molar-refractivity contribution in [1.29, 1.82) is 0 Å². The first-order valence-electron chi connectivity index (χ1n) is 7.84. The van der Waals surface area contributed by atoms with E-state index in [4.69, 9.17) is 9.84 Å². The van der Waals surface area contributed by atoms with Crippen LogP contribution < -0.4 is 0 Å². The number of amides is 1. The van der Waals surface area contributed by atoms with Crippen LogP contribution in [-0.2, 0) is 16.1 Å². The largest absolute Gasteiger partial charge is 0.512 e. The van der Waals surface area contributed by atoms with Gasteiger partial charge >= 0.3 is 12.0 Å². The number of β-lactam (4-membered cyclic amide) rings is 1. The zero-order valence-corrected chi connectivity index (χ0v) is 15.9. The van der Waals surface area contributed by atoms with Gasteiger partial charge in [0.2, 0.25) is 11.8 Å². The van der Waals surface area contributed by atoms with Crippen LogP contribution in [0.2, 0.25) is 0 Å². The summed E-state index contributed by atoms with van der Waals surface area (Å²) in [7, 11) is 0. The Hall–Kier alpha value is -2.25. The van der Waals surface area contributed by atoms with E-state index in [1.54, 1.807) is 6.92 Å². The van der Waals surface area contributed by atoms with Crippen molar-refractivity contribution in [2.24, 2.45) is 5.92 Å². The molecule has 13 heteroatoms. The maximum absolute atomic E-state index is 12.2. The van der Waals surface area contributed by atoms with Crippen LogP contribution in [0, 0.1) is 23.0 Å². The minimum Gasteiger partial charge on any atom is -0.449 e. The van der Waals surface area contributed by atoms with Crippen molar-refractivity contribution < 1.29 is 29.5 Å². The smallest absolute Gasteiger partial charge is 0.449 e. The summed E-state index contributed by atoms with van der Waals surface area (Å²) in [6.07, 6.45) is -1.22. The molecule has 3 atom stereocenters. The third kappa shape index (κ3) is 3.49. The van der Waals surface area contributed by atoms with E-state index < -0.39 is 34.4 Å². The molecule has 1 amide bonds. The monoisotopic (exact) mass is 416 g/mol. The van der Waals surface area contributed by atoms with Crippen LogP contribution in [0.4, 0.5) is 10.6 Å². The summed E-state index contributed by atoms with van der Waals surface area (Å²) in [4.78, 5) is 38.8. The number of imidazole rings is 1. The molecule has 11 nitrogen and oxygen atoms in total. The molecule has 1 unspecified atom stereocenters. The maximum atomic E-state index is 12.2. The number of thioether (sulfide) groups is 2. The predicted octanol–water partition coefficient (Wildman–Crippen LogP) is 1.57. The summed E-state index contributed by atoms with van der Waals surface area (Å²) in [5.74, 6) is -0.350. The van der Waals surface area contributed by atoms with Gasteiger partial charge in [0.05, 0.1) is 12.0 Å². The Balaban J connectivity index is 1.73. The number of hydrogen-bond acceptors (Lipinski definition) is 9. The second-order valence-corrected chi connectivity index (χ2v) is 8.35. The number of carbonyl (C=O) groups excluding carboxylic acids is 1. The second kappa shape index (κ2) is 7.40. The van der Waals surface area contributed by atoms with Gasteiger partial charge in [-0.25, -0.2) is 14.3 Å². The van der Waals surface area contributed by atoms with Gasteiger partial charge in [0.25, 0.3) is 0 Å². The van der Waals surface area contributed by atoms with Crippen LogP contribution in [0.25, 0.3) is 0 Å². The normalized spacial score (nSPS) is 22.5. The molecule has 1 aromatic heterocycles. The predicted molar refractivity (Wildman–Crippen MR) is 95.6 cm³/mol. The Bertz CT molecular complexity index is 837. The molecule has 0 bridgehead atoms. The molecule has 1 saturated heterocycles. The fourth-order valence-electron chi connectivity index (χ4n) is 2.91. The lowest BCUT2D eigenvalue weighted by molar-refractivity contribution is -0.392. The average molecular weight is 416 g/mol. The van der Waals surface area contributed by atoms with Crippen LogP contribution in [-0.4, -0.2) is 58.9 Å². The summed E-state index contributed by atoms with van der Waals surface area (Å²) in [5.41, 5.74) is 0. The number of nitro groups is 1. The summed E-state index contributed by atoms with van der Waals surface area (Å²) in [6, 6.07) is 0. The fraction of sp³-hybridized carbons (Fsp3) is 0.500. The summed E-state index contributed by atoms with van der Waals surface area (Å²) in [6.45, 7) is 3.43. The van der Waals surface area contributed by atoms with Crippen LogP contribution >= 0.6 is 23.5 Å². The maximum Gasteiger partial charge on any atom is 0.512 e. The van der Waals surface area contributed by atoms with Crippen LogP contribution in [0.3, 0.4) is 0 Å². The van der Waals surface area contributed by atoms with Crippen molar-refractivity contribution in [1.82, 2.24) is 14.5 Å². The third-order valence-corrected chi connectivity index (χ3v) is 6.78. The number of carboxylic acid groups (broad SMARTS) is 1. The first-order valence-corrected chi connectivity index (χ1v) is 9.71. The molecule has 3 heterocycles. The lowest BCUT2D eigenvalue weighted by atomic mass is 9.93. The molecule has 0 spiro atoms. The summed E-state index contributed by atoms with van der Waals surface area (Å²) in [5, 5.41) is 29.3. The molecule has 2 aliphatic heterocycles. The van der Waals surface area contributed by atoms with Gasteiger partial charge in [0, 0.05) is 12.7 Å². The average Bonchev–Trinajstić information content (AvgIpc) is 3.05. The van der Waals surface area contributed by atoms with Gasteiger partial charge in [-0.3, -0.25) is 9.69 Å². The molecule has 27 heavy (non-hydrogen) atoms. The van der Waals surface area contributed by atoms with Gasteiger partial charge in [-0.05, 0) is 11.8 Å². The number of aryl methyl sites for hydroxylation is 1. The number of ether oxygens (including phenoxy) is 1. The van der Waals surface area contributed by atoms with E-state index in [0.29, 0.717) is 15.8 Å². The fourth-order valence-corrected chi connectivity index (χ4v) is 5.70. The molecule has 2 aliphatic rings. The number of aromatic nitrogens is 2. The number of aliphatic hydroxyl groups is 1. The first kappa shape index (κ1) is 19.5. The van der Waals surface area contributed by atoms with E-state index in [2.05, 4.69) is 4.98 Å². The Kier molecular flexibility index (Phi) is 5.35. The number of fused-ring (bicyclic) bond motifs is 1. The zero-order valence-electron chi connectivity index (χ0n) is 14.3. The van der Waals surface area contributed by atoms with Crippen molar-refractivity contribution >= 4 is 41.4 Å². The van der Waals surface area contributed by atoms with Crippen molar-refractivity contribution in [3.8, 4) is 0 Å². The summed E-state index contributed by atoms with van der Waals surface area (Å²) < 4.78 is 6.71. The number of hydrogen-bond donors (Lipinski definition) is 2. The molecule has 0 radical (unpaired) electrons. The highest BCUT2D eigenvalue weighted by atomic mass is 32.2. The SMILES string of the molecule is Cc1ncc([N+](=O)[O-])n1CCSC1=C(OC(=O)O)N2C(=O)[C@H](C(C)O)[C@H]2S1. The molecule has 3 rings (SSSR count). The molecule has 1 fully saturated rings. The molecule has 0 aromatic carbocycles. The van der Waals surface area contributed by atoms with Gasteiger partial charge in [0.15, 0.2) is 5.82 Å². The second-order valence-electron chi connectivity index (χ2n) is 5.86. The van der Waals surface area contributed by atoms with Gasteiger partial charge in [-0.1, -0.05) is 11.8 Å². The number of aliphatic hydroxyl groups excluding tert-OH is 1. The van der Waals surface area contributed by atoms with E-state index in [1.807, 2.05) is 0 Å². The highest BCUT2D eigenvalue weighted by Gasteiger charge is 2.57. The Morgan fingerprint density at radius 3 is 2.89 bits per heavy atom. The molecule has 146 valence electrons. The summed E-state index contributed by atoms with van der Waals surface area (Å²) >= 11 is 2.48. The Morgan fingerprint density at radius 2 is 2.30 bits per heavy atom. The minimum atomic E-state index is -1.54. The van der Waals surface area contributed by atoms with Crippen molar-refractivity contribution in [3.63, 3.8) is 0 Å².